The second-order valence-electron chi connectivity index (χ2n) is 4.69. The molecule has 0 aliphatic carbocycles. The molecule has 0 saturated carbocycles. The van der Waals surface area contributed by atoms with Crippen molar-refractivity contribution < 1.29 is 4.74 Å². The topological polar surface area (TPSA) is 36.3 Å². The van der Waals surface area contributed by atoms with Crippen LogP contribution in [-0.2, 0) is 4.74 Å². The molecule has 0 aromatic carbocycles. The van der Waals surface area contributed by atoms with Gasteiger partial charge in [0.15, 0.2) is 6.19 Å². The molecular weight excluding hydrogens is 164 g/mol. The first-order valence-electron chi connectivity index (χ1n) is 4.76. The standard InChI is InChI=1S/C10H18N2O/c1-8-5-9(6-12(8)7-11)13-10(2,3)4/h8-9H,5-6H2,1-4H3. The van der Waals surface area contributed by atoms with E-state index < -0.39 is 0 Å². The average Bonchev–Trinajstić information content (AvgIpc) is 2.26. The van der Waals surface area contributed by atoms with Crippen LogP contribution in [0.1, 0.15) is 34.1 Å². The first kappa shape index (κ1) is 10.3. The molecule has 1 fully saturated rings. The van der Waals surface area contributed by atoms with Gasteiger partial charge in [-0.3, -0.25) is 0 Å². The summed E-state index contributed by atoms with van der Waals surface area (Å²) in [6.45, 7) is 8.95. The summed E-state index contributed by atoms with van der Waals surface area (Å²) in [5.74, 6) is 0. The van der Waals surface area contributed by atoms with Crippen LogP contribution < -0.4 is 0 Å². The molecule has 0 spiro atoms. The molecule has 0 aromatic rings. The second-order valence-corrected chi connectivity index (χ2v) is 4.69. The highest BCUT2D eigenvalue weighted by Gasteiger charge is 2.31. The number of nitriles is 1. The monoisotopic (exact) mass is 182 g/mol. The molecule has 13 heavy (non-hydrogen) atoms. The maximum atomic E-state index is 8.77. The summed E-state index contributed by atoms with van der Waals surface area (Å²) in [4.78, 5) is 1.79. The SMILES string of the molecule is CC1CC(OC(C)(C)C)CN1C#N. The summed E-state index contributed by atoms with van der Waals surface area (Å²) in [6, 6.07) is 0.331. The molecule has 1 aliphatic heterocycles. The molecule has 2 atom stereocenters. The lowest BCUT2D eigenvalue weighted by Gasteiger charge is -2.24. The van der Waals surface area contributed by atoms with E-state index in [1.807, 2.05) is 20.8 Å². The third-order valence-electron chi connectivity index (χ3n) is 2.19. The van der Waals surface area contributed by atoms with E-state index in [1.165, 1.54) is 0 Å². The zero-order chi connectivity index (χ0) is 10.1. The molecule has 3 nitrogen and oxygen atoms in total. The van der Waals surface area contributed by atoms with Gasteiger partial charge in [-0.2, -0.15) is 5.26 Å². The minimum absolute atomic E-state index is 0.101. The van der Waals surface area contributed by atoms with E-state index in [1.54, 1.807) is 4.90 Å². The molecular formula is C10H18N2O. The van der Waals surface area contributed by atoms with Gasteiger partial charge in [-0.05, 0) is 34.1 Å². The maximum Gasteiger partial charge on any atom is 0.179 e. The van der Waals surface area contributed by atoms with Crippen molar-refractivity contribution in [3.63, 3.8) is 0 Å². The van der Waals surface area contributed by atoms with Gasteiger partial charge in [0.1, 0.15) is 0 Å². The summed E-state index contributed by atoms with van der Waals surface area (Å²) < 4.78 is 5.81. The van der Waals surface area contributed by atoms with Crippen LogP contribution in [0, 0.1) is 11.5 Å². The van der Waals surface area contributed by atoms with Gasteiger partial charge < -0.3 is 9.64 Å². The van der Waals surface area contributed by atoms with Gasteiger partial charge in [-0.1, -0.05) is 0 Å². The van der Waals surface area contributed by atoms with Crippen molar-refractivity contribution in [1.82, 2.24) is 4.90 Å². The lowest BCUT2D eigenvalue weighted by atomic mass is 10.1. The van der Waals surface area contributed by atoms with Crippen molar-refractivity contribution in [2.24, 2.45) is 0 Å². The highest BCUT2D eigenvalue weighted by molar-refractivity contribution is 4.91. The van der Waals surface area contributed by atoms with Crippen LogP contribution in [0.15, 0.2) is 0 Å². The normalized spacial score (nSPS) is 29.0. The quantitative estimate of drug-likeness (QED) is 0.580. The van der Waals surface area contributed by atoms with Crippen LogP contribution >= 0.6 is 0 Å². The van der Waals surface area contributed by atoms with Crippen LogP contribution in [0.4, 0.5) is 0 Å². The van der Waals surface area contributed by atoms with Gasteiger partial charge in [-0.25, -0.2) is 0 Å². The molecule has 1 heterocycles. The minimum Gasteiger partial charge on any atom is -0.371 e. The van der Waals surface area contributed by atoms with Crippen molar-refractivity contribution in [3.8, 4) is 6.19 Å². The number of nitrogens with zero attached hydrogens (tertiary/aromatic N) is 2. The molecule has 3 heteroatoms. The summed E-state index contributed by atoms with van der Waals surface area (Å²) in [7, 11) is 0. The van der Waals surface area contributed by atoms with Crippen molar-refractivity contribution in [2.45, 2.75) is 51.9 Å². The van der Waals surface area contributed by atoms with Crippen molar-refractivity contribution in [1.29, 1.82) is 5.26 Å². The first-order valence-corrected chi connectivity index (χ1v) is 4.76. The van der Waals surface area contributed by atoms with E-state index in [4.69, 9.17) is 10.00 Å². The van der Waals surface area contributed by atoms with Gasteiger partial charge in [0.05, 0.1) is 18.2 Å². The molecule has 0 radical (unpaired) electrons. The third-order valence-corrected chi connectivity index (χ3v) is 2.19. The van der Waals surface area contributed by atoms with Crippen LogP contribution in [0.3, 0.4) is 0 Å². The van der Waals surface area contributed by atoms with Crippen LogP contribution in [-0.4, -0.2) is 29.2 Å². The number of rotatable bonds is 1. The molecule has 2 unspecified atom stereocenters. The predicted octanol–water partition coefficient (Wildman–Crippen LogP) is 1.75. The molecule has 0 bridgehead atoms. The van der Waals surface area contributed by atoms with Gasteiger partial charge in [0, 0.05) is 6.04 Å². The summed E-state index contributed by atoms with van der Waals surface area (Å²) in [5, 5.41) is 8.77. The van der Waals surface area contributed by atoms with Crippen LogP contribution in [0.25, 0.3) is 0 Å². The Morgan fingerprint density at radius 1 is 1.46 bits per heavy atom. The third kappa shape index (κ3) is 2.89. The Morgan fingerprint density at radius 3 is 2.46 bits per heavy atom. The fourth-order valence-electron chi connectivity index (χ4n) is 1.71. The second kappa shape index (κ2) is 3.55. The Hall–Kier alpha value is -0.750. The lowest BCUT2D eigenvalue weighted by molar-refractivity contribution is -0.0528. The molecule has 0 N–H and O–H groups in total. The molecule has 0 amide bonds. The summed E-state index contributed by atoms with van der Waals surface area (Å²) in [6.07, 6.45) is 3.36. The maximum absolute atomic E-state index is 8.77. The predicted molar refractivity (Wildman–Crippen MR) is 51.0 cm³/mol. The Labute approximate surface area is 80.3 Å². The highest BCUT2D eigenvalue weighted by Crippen LogP contribution is 2.23. The van der Waals surface area contributed by atoms with Gasteiger partial charge in [0.2, 0.25) is 0 Å². The van der Waals surface area contributed by atoms with E-state index in [0.717, 1.165) is 13.0 Å². The molecule has 1 saturated heterocycles. The fourth-order valence-corrected chi connectivity index (χ4v) is 1.71. The number of likely N-dealkylation sites (tertiary alicyclic amines) is 1. The van der Waals surface area contributed by atoms with Gasteiger partial charge in [0.25, 0.3) is 0 Å². The highest BCUT2D eigenvalue weighted by atomic mass is 16.5. The number of hydrogen-bond donors (Lipinski definition) is 0. The largest absolute Gasteiger partial charge is 0.371 e. The molecule has 74 valence electrons. The van der Waals surface area contributed by atoms with E-state index in [0.29, 0.717) is 6.04 Å². The van der Waals surface area contributed by atoms with E-state index in [-0.39, 0.29) is 11.7 Å². The summed E-state index contributed by atoms with van der Waals surface area (Å²) >= 11 is 0. The Kier molecular flexibility index (Phi) is 2.82. The average molecular weight is 182 g/mol. The van der Waals surface area contributed by atoms with E-state index in [2.05, 4.69) is 13.1 Å². The zero-order valence-electron chi connectivity index (χ0n) is 8.87. The zero-order valence-corrected chi connectivity index (χ0v) is 8.87. The minimum atomic E-state index is -0.101. The molecule has 1 rings (SSSR count). The van der Waals surface area contributed by atoms with Crippen molar-refractivity contribution in [2.75, 3.05) is 6.54 Å². The van der Waals surface area contributed by atoms with Crippen molar-refractivity contribution >= 4 is 0 Å². The van der Waals surface area contributed by atoms with Gasteiger partial charge in [-0.15, -0.1) is 0 Å². The Morgan fingerprint density at radius 2 is 2.08 bits per heavy atom. The van der Waals surface area contributed by atoms with E-state index >= 15 is 0 Å². The van der Waals surface area contributed by atoms with E-state index in [9.17, 15) is 0 Å². The number of hydrogen-bond acceptors (Lipinski definition) is 3. The van der Waals surface area contributed by atoms with Gasteiger partial charge >= 0.3 is 0 Å². The Balaban J connectivity index is 2.46. The van der Waals surface area contributed by atoms with Crippen molar-refractivity contribution in [3.05, 3.63) is 0 Å². The molecule has 1 aliphatic rings. The Bertz CT molecular complexity index is 214. The smallest absolute Gasteiger partial charge is 0.179 e. The number of ether oxygens (including phenoxy) is 1. The fraction of sp³-hybridized carbons (Fsp3) is 0.900. The lowest BCUT2D eigenvalue weighted by Crippen LogP contribution is -2.29. The van der Waals surface area contributed by atoms with Crippen LogP contribution in [0.5, 0.6) is 0 Å². The summed E-state index contributed by atoms with van der Waals surface area (Å²) in [5.41, 5.74) is -0.101. The van der Waals surface area contributed by atoms with Crippen LogP contribution in [0.2, 0.25) is 0 Å². The molecule has 0 aromatic heterocycles. The first-order chi connectivity index (χ1) is 5.92.